The Hall–Kier alpha value is -0.920. The second-order valence-electron chi connectivity index (χ2n) is 4.33. The van der Waals surface area contributed by atoms with Crippen LogP contribution in [0.25, 0.3) is 0 Å². The van der Waals surface area contributed by atoms with E-state index >= 15 is 0 Å². The molecule has 1 atom stereocenters. The fourth-order valence-corrected chi connectivity index (χ4v) is 3.05. The number of fused-ring (bicyclic) bond motifs is 1. The molecule has 1 heterocycles. The fraction of sp³-hybridized carbons (Fsp3) is 0.700. The Morgan fingerprint density at radius 3 is 3.06 bits per heavy atom. The third kappa shape index (κ3) is 2.85. The quantitative estimate of drug-likeness (QED) is 0.784. The summed E-state index contributed by atoms with van der Waals surface area (Å²) in [6.07, 6.45) is 5.48. The summed E-state index contributed by atoms with van der Waals surface area (Å²) in [6, 6.07) is -0.179. The Labute approximate surface area is 101 Å². The normalized spacial score (nSPS) is 20.2. The van der Waals surface area contributed by atoms with Crippen LogP contribution >= 0.6 is 0 Å². The molecule has 96 valence electrons. The zero-order chi connectivity index (χ0) is 12.5. The number of hydrogen-bond acceptors (Lipinski definition) is 4. The van der Waals surface area contributed by atoms with Gasteiger partial charge in [-0.1, -0.05) is 0 Å². The van der Waals surface area contributed by atoms with Crippen molar-refractivity contribution in [3.8, 4) is 0 Å². The Morgan fingerprint density at radius 1 is 1.65 bits per heavy atom. The third-order valence-electron chi connectivity index (χ3n) is 2.93. The van der Waals surface area contributed by atoms with E-state index in [2.05, 4.69) is 9.82 Å². The van der Waals surface area contributed by atoms with Crippen molar-refractivity contribution in [3.05, 3.63) is 17.5 Å². The molecule has 2 N–H and O–H groups in total. The molecule has 7 heteroatoms. The molecule has 17 heavy (non-hydrogen) atoms. The fourth-order valence-electron chi connectivity index (χ4n) is 2.29. The monoisotopic (exact) mass is 259 g/mol. The molecule has 1 aliphatic rings. The van der Waals surface area contributed by atoms with Crippen LogP contribution in [-0.2, 0) is 23.0 Å². The van der Waals surface area contributed by atoms with Gasteiger partial charge in [0.25, 0.3) is 0 Å². The molecule has 0 amide bonds. The molecule has 0 aromatic carbocycles. The molecule has 6 nitrogen and oxygen atoms in total. The number of aromatic nitrogens is 2. The number of hydrogen-bond donors (Lipinski definition) is 2. The van der Waals surface area contributed by atoms with Crippen LogP contribution in [0.15, 0.2) is 6.20 Å². The lowest BCUT2D eigenvalue weighted by Crippen LogP contribution is -2.30. The first kappa shape index (κ1) is 12.5. The van der Waals surface area contributed by atoms with Crippen LogP contribution in [0.1, 0.15) is 30.1 Å². The average Bonchev–Trinajstić information content (AvgIpc) is 2.61. The van der Waals surface area contributed by atoms with E-state index in [9.17, 15) is 8.42 Å². The number of nitrogens with zero attached hydrogens (tertiary/aromatic N) is 2. The minimum absolute atomic E-state index is 0.0400. The lowest BCUT2D eigenvalue weighted by molar-refractivity contribution is 0.266. The molecule has 1 aromatic rings. The molecular weight excluding hydrogens is 242 g/mol. The summed E-state index contributed by atoms with van der Waals surface area (Å²) in [5.41, 5.74) is 1.97. The third-order valence-corrected chi connectivity index (χ3v) is 3.64. The summed E-state index contributed by atoms with van der Waals surface area (Å²) < 4.78 is 26.9. The maximum atomic E-state index is 11.3. The first-order valence-electron chi connectivity index (χ1n) is 5.64. The predicted octanol–water partition coefficient (Wildman–Crippen LogP) is -0.198. The summed E-state index contributed by atoms with van der Waals surface area (Å²) >= 11 is 0. The van der Waals surface area contributed by atoms with Crippen LogP contribution in [0.2, 0.25) is 0 Å². The van der Waals surface area contributed by atoms with Gasteiger partial charge in [-0.2, -0.15) is 5.10 Å². The van der Waals surface area contributed by atoms with Gasteiger partial charge in [0.2, 0.25) is 10.0 Å². The van der Waals surface area contributed by atoms with E-state index in [0.717, 1.165) is 30.5 Å². The number of sulfonamides is 1. The van der Waals surface area contributed by atoms with Gasteiger partial charge in [-0.15, -0.1) is 0 Å². The first-order chi connectivity index (χ1) is 8.01. The smallest absolute Gasteiger partial charge is 0.209 e. The maximum Gasteiger partial charge on any atom is 0.209 e. The van der Waals surface area contributed by atoms with Crippen molar-refractivity contribution >= 4 is 10.0 Å². The molecule has 0 fully saturated rings. The van der Waals surface area contributed by atoms with Crippen molar-refractivity contribution < 1.29 is 13.5 Å². The number of aliphatic hydroxyl groups is 1. The largest absolute Gasteiger partial charge is 0.394 e. The number of nitrogens with one attached hydrogen (secondary N) is 1. The number of rotatable bonds is 4. The molecule has 0 spiro atoms. The molecule has 0 bridgehead atoms. The van der Waals surface area contributed by atoms with E-state index in [1.807, 2.05) is 0 Å². The van der Waals surface area contributed by atoms with Gasteiger partial charge >= 0.3 is 0 Å². The van der Waals surface area contributed by atoms with Crippen LogP contribution in [0.5, 0.6) is 0 Å². The van der Waals surface area contributed by atoms with E-state index < -0.39 is 10.0 Å². The summed E-state index contributed by atoms with van der Waals surface area (Å²) in [7, 11) is -3.21. The van der Waals surface area contributed by atoms with Crippen LogP contribution in [0, 0.1) is 0 Å². The van der Waals surface area contributed by atoms with Crippen LogP contribution in [-0.4, -0.2) is 36.2 Å². The van der Waals surface area contributed by atoms with Gasteiger partial charge in [-0.25, -0.2) is 13.1 Å². The van der Waals surface area contributed by atoms with E-state index in [4.69, 9.17) is 5.11 Å². The summed E-state index contributed by atoms with van der Waals surface area (Å²) in [5.74, 6) is 0. The van der Waals surface area contributed by atoms with Gasteiger partial charge in [0.15, 0.2) is 0 Å². The molecule has 2 rings (SSSR count). The lowest BCUT2D eigenvalue weighted by Gasteiger charge is -2.23. The molecular formula is C10H17N3O3S. The summed E-state index contributed by atoms with van der Waals surface area (Å²) in [6.45, 7) is 0.499. The minimum atomic E-state index is -3.21. The predicted molar refractivity (Wildman–Crippen MR) is 63.0 cm³/mol. The van der Waals surface area contributed by atoms with Crippen molar-refractivity contribution in [1.29, 1.82) is 0 Å². The molecule has 0 radical (unpaired) electrons. The minimum Gasteiger partial charge on any atom is -0.394 e. The van der Waals surface area contributed by atoms with Crippen LogP contribution in [0.3, 0.4) is 0 Å². The zero-order valence-corrected chi connectivity index (χ0v) is 10.6. The van der Waals surface area contributed by atoms with Gasteiger partial charge in [0.1, 0.15) is 0 Å². The molecule has 1 aliphatic carbocycles. The molecule has 1 unspecified atom stereocenters. The highest BCUT2D eigenvalue weighted by Crippen LogP contribution is 2.29. The summed E-state index contributed by atoms with van der Waals surface area (Å²) in [4.78, 5) is 0. The van der Waals surface area contributed by atoms with Crippen molar-refractivity contribution in [3.63, 3.8) is 0 Å². The van der Waals surface area contributed by atoms with Gasteiger partial charge in [-0.3, -0.25) is 4.68 Å². The second-order valence-corrected chi connectivity index (χ2v) is 6.11. The van der Waals surface area contributed by atoms with Gasteiger partial charge < -0.3 is 5.11 Å². The van der Waals surface area contributed by atoms with Crippen molar-refractivity contribution in [2.24, 2.45) is 0 Å². The molecule has 1 aromatic heterocycles. The topological polar surface area (TPSA) is 84.2 Å². The standard InChI is InChI=1S/C10H17N3O3S/c1-17(15,16)12-9-3-2-4-10-8(9)7-11-13(10)5-6-14/h7,9,12,14H,2-6H2,1H3. The van der Waals surface area contributed by atoms with Crippen molar-refractivity contribution in [2.75, 3.05) is 12.9 Å². The maximum absolute atomic E-state index is 11.3. The highest BCUT2D eigenvalue weighted by Gasteiger charge is 2.26. The van der Waals surface area contributed by atoms with Crippen molar-refractivity contribution in [2.45, 2.75) is 31.8 Å². The van der Waals surface area contributed by atoms with Gasteiger partial charge in [0, 0.05) is 11.3 Å². The van der Waals surface area contributed by atoms with E-state index in [1.165, 1.54) is 6.26 Å². The summed E-state index contributed by atoms with van der Waals surface area (Å²) in [5, 5.41) is 13.1. The van der Waals surface area contributed by atoms with Crippen LogP contribution in [0.4, 0.5) is 0 Å². The molecule has 0 saturated carbocycles. The van der Waals surface area contributed by atoms with Gasteiger partial charge in [0.05, 0.1) is 31.6 Å². The van der Waals surface area contributed by atoms with Gasteiger partial charge in [-0.05, 0) is 19.3 Å². The number of aliphatic hydroxyl groups excluding tert-OH is 1. The van der Waals surface area contributed by atoms with Crippen LogP contribution < -0.4 is 4.72 Å². The van der Waals surface area contributed by atoms with E-state index in [-0.39, 0.29) is 12.6 Å². The van der Waals surface area contributed by atoms with Crippen molar-refractivity contribution in [1.82, 2.24) is 14.5 Å². The lowest BCUT2D eigenvalue weighted by atomic mass is 9.94. The Morgan fingerprint density at radius 2 is 2.41 bits per heavy atom. The Kier molecular flexibility index (Phi) is 3.50. The highest BCUT2D eigenvalue weighted by molar-refractivity contribution is 7.88. The van der Waals surface area contributed by atoms with E-state index in [1.54, 1.807) is 10.9 Å². The highest BCUT2D eigenvalue weighted by atomic mass is 32.2. The SMILES string of the molecule is CS(=O)(=O)NC1CCCc2c1cnn2CCO. The Balaban J connectivity index is 2.26. The Bertz CT molecular complexity index is 495. The molecule has 0 saturated heterocycles. The average molecular weight is 259 g/mol. The zero-order valence-electron chi connectivity index (χ0n) is 9.76. The molecule has 0 aliphatic heterocycles. The first-order valence-corrected chi connectivity index (χ1v) is 7.53. The second kappa shape index (κ2) is 4.75. The van der Waals surface area contributed by atoms with E-state index in [0.29, 0.717) is 6.54 Å².